The van der Waals surface area contributed by atoms with Crippen molar-refractivity contribution in [2.45, 2.75) is 32.5 Å². The predicted octanol–water partition coefficient (Wildman–Crippen LogP) is 14.5. The van der Waals surface area contributed by atoms with E-state index in [1.165, 1.54) is 109 Å². The van der Waals surface area contributed by atoms with Crippen molar-refractivity contribution >= 4 is 86.4 Å². The van der Waals surface area contributed by atoms with Crippen molar-refractivity contribution in [1.82, 2.24) is 9.13 Å². The smallest absolute Gasteiger partial charge is 0.179 e. The van der Waals surface area contributed by atoms with Crippen molar-refractivity contribution in [3.8, 4) is 33.6 Å². The maximum Gasteiger partial charge on any atom is 0.179 e. The molecular weight excluding hydrogens is 913 g/mol. The average Bonchev–Trinajstić information content (AvgIpc) is 3.96. The molecule has 0 aliphatic heterocycles. The summed E-state index contributed by atoms with van der Waals surface area (Å²) in [6, 6.07) is 95.6. The molecule has 0 N–H and O–H groups in total. The highest BCUT2D eigenvalue weighted by atomic mass is 28.3. The molecule has 0 atom stereocenters. The van der Waals surface area contributed by atoms with E-state index in [-0.39, 0.29) is 0 Å². The Hall–Kier alpha value is -8.29. The lowest BCUT2D eigenvalue weighted by molar-refractivity contribution is 0.981. The van der Waals surface area contributed by atoms with Crippen LogP contribution in [0.1, 0.15) is 23.2 Å². The highest BCUT2D eigenvalue weighted by Crippen LogP contribution is 2.41. The highest BCUT2D eigenvalue weighted by molar-refractivity contribution is 7.19. The molecule has 0 radical (unpaired) electrons. The molecule has 0 unspecified atom stereocenters. The van der Waals surface area contributed by atoms with Gasteiger partial charge in [-0.15, -0.1) is 0 Å². The van der Waals surface area contributed by atoms with Crippen LogP contribution in [0.25, 0.3) is 78.0 Å². The van der Waals surface area contributed by atoms with Crippen molar-refractivity contribution in [3.63, 3.8) is 0 Å². The molecule has 0 fully saturated rings. The minimum absolute atomic E-state index is 0.982. The van der Waals surface area contributed by atoms with Crippen LogP contribution < -0.4 is 25.9 Å². The molecule has 10 aromatic carbocycles. The fourth-order valence-corrected chi connectivity index (χ4v) is 17.9. The summed E-state index contributed by atoms with van der Waals surface area (Å²) < 4.78 is 4.96. The van der Waals surface area contributed by atoms with Crippen molar-refractivity contribution in [2.75, 3.05) is 0 Å². The first-order valence-electron chi connectivity index (χ1n) is 25.8. The lowest BCUT2D eigenvalue weighted by Crippen LogP contribution is -2.74. The zero-order valence-electron chi connectivity index (χ0n) is 41.6. The Bertz CT molecular complexity index is 3930. The Morgan fingerprint density at radius 2 is 0.767 bits per heavy atom. The van der Waals surface area contributed by atoms with Gasteiger partial charge in [0.15, 0.2) is 8.07 Å². The van der Waals surface area contributed by atoms with E-state index in [1.807, 2.05) is 0 Å². The molecule has 0 saturated carbocycles. The van der Waals surface area contributed by atoms with Gasteiger partial charge in [0.25, 0.3) is 0 Å². The number of fused-ring (bicyclic) bond motifs is 6. The normalized spacial score (nSPS) is 12.8. The summed E-state index contributed by atoms with van der Waals surface area (Å²) in [5.74, 6) is 0. The SMILES string of the molecule is C[Si](C)(C)c1cccc(-c2ccc(-n3c4c(c5ccccc53)CCC(c3ccc5c6ccccc6n(-c6ccc(-c7cccc([Si](c8ccccc8)(c8ccccc8)c8ccccc8)c7)cc6)c5c3)=C4)cc2)c1. The first-order chi connectivity index (χ1) is 35.8. The van der Waals surface area contributed by atoms with Crippen LogP contribution in [0.4, 0.5) is 0 Å². The number of rotatable bonds is 10. The van der Waals surface area contributed by atoms with E-state index >= 15 is 0 Å². The van der Waals surface area contributed by atoms with Gasteiger partial charge in [0.05, 0.1) is 30.3 Å². The lowest BCUT2D eigenvalue weighted by atomic mass is 9.90. The van der Waals surface area contributed by atoms with Gasteiger partial charge < -0.3 is 9.13 Å². The molecule has 12 aromatic rings. The quantitative estimate of drug-likeness (QED) is 0.0955. The number of hydrogen-bond donors (Lipinski definition) is 0. The topological polar surface area (TPSA) is 9.86 Å². The zero-order valence-corrected chi connectivity index (χ0v) is 43.6. The molecule has 13 rings (SSSR count). The van der Waals surface area contributed by atoms with Crippen LogP contribution in [-0.4, -0.2) is 25.3 Å². The largest absolute Gasteiger partial charge is 0.310 e. The van der Waals surface area contributed by atoms with Gasteiger partial charge in [0.2, 0.25) is 0 Å². The molecule has 0 amide bonds. The number of benzene rings is 10. The summed E-state index contributed by atoms with van der Waals surface area (Å²) in [7, 11) is -4.11. The second kappa shape index (κ2) is 18.1. The van der Waals surface area contributed by atoms with Gasteiger partial charge in [0.1, 0.15) is 0 Å². The minimum atomic E-state index is -2.68. The lowest BCUT2D eigenvalue weighted by Gasteiger charge is -2.34. The molecule has 2 aromatic heterocycles. The van der Waals surface area contributed by atoms with E-state index in [0.717, 1.165) is 18.5 Å². The zero-order chi connectivity index (χ0) is 49.1. The van der Waals surface area contributed by atoms with Crippen molar-refractivity contribution in [2.24, 2.45) is 0 Å². The molecule has 2 nitrogen and oxygen atoms in total. The number of para-hydroxylation sites is 2. The number of nitrogens with zero attached hydrogens (tertiary/aromatic N) is 2. The van der Waals surface area contributed by atoms with Crippen LogP contribution in [0.3, 0.4) is 0 Å². The summed E-state index contributed by atoms with van der Waals surface area (Å²) in [6.45, 7) is 7.26. The van der Waals surface area contributed by atoms with Crippen LogP contribution in [-0.2, 0) is 6.42 Å². The van der Waals surface area contributed by atoms with Crippen molar-refractivity contribution in [1.29, 1.82) is 0 Å². The fraction of sp³-hybridized carbons (Fsp3) is 0.0725. The molecule has 1 aliphatic carbocycles. The van der Waals surface area contributed by atoms with Crippen molar-refractivity contribution < 1.29 is 0 Å². The Labute approximate surface area is 430 Å². The van der Waals surface area contributed by atoms with Crippen molar-refractivity contribution in [3.05, 3.63) is 272 Å². The van der Waals surface area contributed by atoms with Gasteiger partial charge in [-0.25, -0.2) is 0 Å². The predicted molar refractivity (Wildman–Crippen MR) is 318 cm³/mol. The van der Waals surface area contributed by atoms with Gasteiger partial charge in [-0.05, 0) is 121 Å². The molecule has 0 saturated heterocycles. The van der Waals surface area contributed by atoms with Gasteiger partial charge in [-0.3, -0.25) is 0 Å². The number of aryl methyl sites for hydroxylation is 1. The third kappa shape index (κ3) is 7.68. The summed E-state index contributed by atoms with van der Waals surface area (Å²) in [4.78, 5) is 0. The molecule has 0 bridgehead atoms. The first-order valence-corrected chi connectivity index (χ1v) is 31.3. The number of allylic oxidation sites excluding steroid dienone is 1. The van der Waals surface area contributed by atoms with Gasteiger partial charge in [-0.1, -0.05) is 237 Å². The Balaban J connectivity index is 0.886. The van der Waals surface area contributed by atoms with Crippen LogP contribution in [0.5, 0.6) is 0 Å². The van der Waals surface area contributed by atoms with Crippen LogP contribution in [0.2, 0.25) is 19.6 Å². The van der Waals surface area contributed by atoms with E-state index in [2.05, 4.69) is 290 Å². The Morgan fingerprint density at radius 1 is 0.315 bits per heavy atom. The molecule has 1 aliphatic rings. The molecule has 4 heteroatoms. The highest BCUT2D eigenvalue weighted by Gasteiger charge is 2.41. The monoisotopic (exact) mass is 968 g/mol. The minimum Gasteiger partial charge on any atom is -0.310 e. The van der Waals surface area contributed by atoms with E-state index < -0.39 is 16.1 Å². The molecule has 73 heavy (non-hydrogen) atoms. The maximum absolute atomic E-state index is 2.68. The second-order valence-corrected chi connectivity index (χ2v) is 29.7. The van der Waals surface area contributed by atoms with Gasteiger partial charge in [-0.2, -0.15) is 0 Å². The Kier molecular flexibility index (Phi) is 11.1. The molecule has 350 valence electrons. The molecule has 2 heterocycles. The summed E-state index contributed by atoms with van der Waals surface area (Å²) in [5.41, 5.74) is 16.4. The van der Waals surface area contributed by atoms with Gasteiger partial charge in [0, 0.05) is 27.5 Å². The summed E-state index contributed by atoms with van der Waals surface area (Å²) in [5, 5.41) is 10.9. The fourth-order valence-electron chi connectivity index (χ4n) is 12.0. The summed E-state index contributed by atoms with van der Waals surface area (Å²) in [6.07, 6.45) is 4.45. The van der Waals surface area contributed by atoms with Gasteiger partial charge >= 0.3 is 0 Å². The molecule has 0 spiro atoms. The first kappa shape index (κ1) is 44.6. The van der Waals surface area contributed by atoms with E-state index in [1.54, 1.807) is 0 Å². The maximum atomic E-state index is 2.49. The number of aromatic nitrogens is 2. The summed E-state index contributed by atoms with van der Waals surface area (Å²) >= 11 is 0. The van der Waals surface area contributed by atoms with E-state index in [4.69, 9.17) is 0 Å². The third-order valence-corrected chi connectivity index (χ3v) is 22.4. The van der Waals surface area contributed by atoms with E-state index in [9.17, 15) is 0 Å². The van der Waals surface area contributed by atoms with E-state index in [0.29, 0.717) is 0 Å². The molecular formula is C69H56N2Si2. The third-order valence-electron chi connectivity index (χ3n) is 15.6. The standard InChI is InChI=1S/C69H56N2Si2/c1-72(2,3)60-27-17-19-51(45-60)49-33-39-55(40-34-49)70-66-31-15-13-29-62(66)64-43-37-53(47-68(64)70)54-38-44-65-63-30-14-16-32-67(63)71(69(65)48-54)56-41-35-50(36-42-56)52-20-18-28-61(46-52)73(57-21-7-4-8-22-57,58-23-9-5-10-24-58)59-25-11-6-12-26-59/h4-36,38-42,44-48H,37,43H2,1-3H3. The Morgan fingerprint density at radius 3 is 1.34 bits per heavy atom. The van der Waals surface area contributed by atoms with Crippen LogP contribution in [0.15, 0.2) is 255 Å². The van der Waals surface area contributed by atoms with Crippen LogP contribution in [0, 0.1) is 0 Å². The number of hydrogen-bond acceptors (Lipinski definition) is 0. The average molecular weight is 969 g/mol. The second-order valence-electron chi connectivity index (χ2n) is 20.8. The van der Waals surface area contributed by atoms with Crippen LogP contribution >= 0.6 is 0 Å².